The Bertz CT molecular complexity index is 745. The van der Waals surface area contributed by atoms with E-state index in [1.807, 2.05) is 0 Å². The zero-order chi connectivity index (χ0) is 18.9. The van der Waals surface area contributed by atoms with Gasteiger partial charge < -0.3 is 4.74 Å². The first-order chi connectivity index (χ1) is 12.2. The van der Waals surface area contributed by atoms with Crippen LogP contribution in [0.25, 0.3) is 0 Å². The second-order valence-corrected chi connectivity index (χ2v) is 9.39. The van der Waals surface area contributed by atoms with E-state index in [9.17, 15) is 9.59 Å². The molecule has 140 valence electrons. The lowest BCUT2D eigenvalue weighted by Gasteiger charge is -2.56. The number of esters is 1. The van der Waals surface area contributed by atoms with Crippen LogP contribution < -0.4 is 0 Å². The summed E-state index contributed by atoms with van der Waals surface area (Å²) >= 11 is 0. The zero-order valence-corrected chi connectivity index (χ0v) is 16.3. The molecule has 0 N–H and O–H groups in total. The molecule has 4 rings (SSSR count). The molecule has 3 nitrogen and oxygen atoms in total. The summed E-state index contributed by atoms with van der Waals surface area (Å²) in [6, 6.07) is 0. The van der Waals surface area contributed by atoms with Gasteiger partial charge in [0, 0.05) is 30.3 Å². The third kappa shape index (κ3) is 2.25. The fourth-order valence-corrected chi connectivity index (χ4v) is 6.75. The summed E-state index contributed by atoms with van der Waals surface area (Å²) < 4.78 is 5.50. The molecule has 4 aliphatic rings. The van der Waals surface area contributed by atoms with Crippen LogP contribution in [0.15, 0.2) is 36.0 Å². The third-order valence-electron chi connectivity index (χ3n) is 8.12. The summed E-state index contributed by atoms with van der Waals surface area (Å²) in [4.78, 5) is 24.2. The average Bonchev–Trinajstić information content (AvgIpc) is 2.75. The molecule has 3 heteroatoms. The highest BCUT2D eigenvalue weighted by Crippen LogP contribution is 2.65. The summed E-state index contributed by atoms with van der Waals surface area (Å²) in [7, 11) is 0. The quantitative estimate of drug-likeness (QED) is 0.386. The number of allylic oxidation sites excluding steroid dienone is 3. The number of carbonyl (C=O) groups excluding carboxylic acids is 2. The maximum atomic E-state index is 12.8. The van der Waals surface area contributed by atoms with Gasteiger partial charge in [-0.15, -0.1) is 0 Å². The Kier molecular flexibility index (Phi) is 3.88. The van der Waals surface area contributed by atoms with E-state index in [1.165, 1.54) is 12.5 Å². The fraction of sp³-hybridized carbons (Fsp3) is 0.652. The largest absolute Gasteiger partial charge is 0.462 e. The van der Waals surface area contributed by atoms with Crippen LogP contribution in [0, 0.1) is 28.6 Å². The second-order valence-electron chi connectivity index (χ2n) is 9.39. The predicted molar refractivity (Wildman–Crippen MR) is 101 cm³/mol. The van der Waals surface area contributed by atoms with Gasteiger partial charge in [0.25, 0.3) is 0 Å². The second kappa shape index (κ2) is 5.68. The minimum absolute atomic E-state index is 0.0278. The SMILES string of the molecule is C=C1C(=C)[C@H]2[C@@H]3CC=C4CC(OC(C)=O)CC[C@]4(C)[C@@H]3CC[C@]2(C)C1=O. The van der Waals surface area contributed by atoms with E-state index in [-0.39, 0.29) is 34.6 Å². The molecule has 0 aromatic rings. The Labute approximate surface area is 156 Å². The van der Waals surface area contributed by atoms with Crippen LogP contribution in [0.1, 0.15) is 59.3 Å². The van der Waals surface area contributed by atoms with Gasteiger partial charge in [0.05, 0.1) is 0 Å². The minimum atomic E-state index is -0.300. The van der Waals surface area contributed by atoms with Gasteiger partial charge in [-0.2, -0.15) is 0 Å². The molecule has 26 heavy (non-hydrogen) atoms. The molecule has 0 aromatic heterocycles. The maximum absolute atomic E-state index is 12.8. The van der Waals surface area contributed by atoms with Crippen LogP contribution in [0.3, 0.4) is 0 Å². The van der Waals surface area contributed by atoms with E-state index in [0.717, 1.165) is 44.1 Å². The molecule has 6 atom stereocenters. The standard InChI is InChI=1S/C23H30O3/c1-13-14(2)21(25)23(5)11-9-19-18(20(13)23)7-6-16-12-17(26-15(3)24)8-10-22(16,19)4/h6,17-20H,1-2,7-12H2,3-5H3/t17?,18-,19-,20+,22+,23+/m1/s1. The van der Waals surface area contributed by atoms with E-state index < -0.39 is 0 Å². The van der Waals surface area contributed by atoms with Crippen molar-refractivity contribution in [2.75, 3.05) is 0 Å². The van der Waals surface area contributed by atoms with Crippen molar-refractivity contribution < 1.29 is 14.3 Å². The number of hydrogen-bond acceptors (Lipinski definition) is 3. The first kappa shape index (κ1) is 17.8. The van der Waals surface area contributed by atoms with E-state index in [0.29, 0.717) is 17.4 Å². The van der Waals surface area contributed by atoms with Gasteiger partial charge in [-0.05, 0) is 54.9 Å². The highest BCUT2D eigenvalue weighted by Gasteiger charge is 2.61. The van der Waals surface area contributed by atoms with E-state index >= 15 is 0 Å². The fourth-order valence-electron chi connectivity index (χ4n) is 6.75. The number of hydrogen-bond donors (Lipinski definition) is 0. The van der Waals surface area contributed by atoms with Crippen LogP contribution in [0.5, 0.6) is 0 Å². The van der Waals surface area contributed by atoms with E-state index in [1.54, 1.807) is 0 Å². The van der Waals surface area contributed by atoms with Gasteiger partial charge in [0.15, 0.2) is 5.78 Å². The van der Waals surface area contributed by atoms with E-state index in [2.05, 4.69) is 33.1 Å². The van der Waals surface area contributed by atoms with Gasteiger partial charge in [-0.3, -0.25) is 9.59 Å². The smallest absolute Gasteiger partial charge is 0.302 e. The molecule has 0 radical (unpaired) electrons. The van der Waals surface area contributed by atoms with Crippen molar-refractivity contribution >= 4 is 11.8 Å². The lowest BCUT2D eigenvalue weighted by atomic mass is 9.48. The molecule has 0 saturated heterocycles. The van der Waals surface area contributed by atoms with E-state index in [4.69, 9.17) is 4.74 Å². The maximum Gasteiger partial charge on any atom is 0.302 e. The lowest BCUT2D eigenvalue weighted by Crippen LogP contribution is -2.50. The number of rotatable bonds is 1. The Balaban J connectivity index is 1.66. The van der Waals surface area contributed by atoms with Gasteiger partial charge in [-0.25, -0.2) is 0 Å². The monoisotopic (exact) mass is 354 g/mol. The minimum Gasteiger partial charge on any atom is -0.462 e. The average molecular weight is 354 g/mol. The highest BCUT2D eigenvalue weighted by molar-refractivity contribution is 6.07. The van der Waals surface area contributed by atoms with Gasteiger partial charge >= 0.3 is 5.97 Å². The molecular weight excluding hydrogens is 324 g/mol. The van der Waals surface area contributed by atoms with Crippen molar-refractivity contribution in [1.82, 2.24) is 0 Å². The molecule has 0 heterocycles. The van der Waals surface area contributed by atoms with Crippen LogP contribution in [-0.4, -0.2) is 17.9 Å². The summed E-state index contributed by atoms with van der Waals surface area (Å²) in [5.74, 6) is 1.34. The normalized spacial score (nSPS) is 44.7. The van der Waals surface area contributed by atoms with Crippen LogP contribution >= 0.6 is 0 Å². The van der Waals surface area contributed by atoms with Gasteiger partial charge in [-0.1, -0.05) is 38.7 Å². The third-order valence-corrected chi connectivity index (χ3v) is 8.12. The Hall–Kier alpha value is -1.64. The van der Waals surface area contributed by atoms with Crippen molar-refractivity contribution in [2.24, 2.45) is 28.6 Å². The topological polar surface area (TPSA) is 43.4 Å². The predicted octanol–water partition coefficient (Wildman–Crippen LogP) is 4.78. The van der Waals surface area contributed by atoms with Crippen molar-refractivity contribution in [2.45, 2.75) is 65.4 Å². The number of ketones is 1. The van der Waals surface area contributed by atoms with Crippen molar-refractivity contribution in [3.63, 3.8) is 0 Å². The number of Topliss-reactive ketones (excluding diaryl/α,β-unsaturated/α-hetero) is 1. The van der Waals surface area contributed by atoms with Crippen molar-refractivity contribution in [3.05, 3.63) is 36.0 Å². The van der Waals surface area contributed by atoms with Gasteiger partial charge in [0.1, 0.15) is 6.10 Å². The summed E-state index contributed by atoms with van der Waals surface area (Å²) in [5.41, 5.74) is 2.98. The number of carbonyl (C=O) groups is 2. The highest BCUT2D eigenvalue weighted by atomic mass is 16.5. The Morgan fingerprint density at radius 3 is 2.58 bits per heavy atom. The van der Waals surface area contributed by atoms with Crippen molar-refractivity contribution in [3.8, 4) is 0 Å². The van der Waals surface area contributed by atoms with Crippen LogP contribution in [0.2, 0.25) is 0 Å². The molecule has 3 saturated carbocycles. The summed E-state index contributed by atoms with van der Waals surface area (Å²) in [6.07, 6.45) is 8.31. The first-order valence-corrected chi connectivity index (χ1v) is 9.98. The molecule has 0 aromatic carbocycles. The molecule has 4 aliphatic carbocycles. The molecule has 0 bridgehead atoms. The summed E-state index contributed by atoms with van der Waals surface area (Å²) in [6.45, 7) is 14.4. The Morgan fingerprint density at radius 2 is 1.88 bits per heavy atom. The Morgan fingerprint density at radius 1 is 1.19 bits per heavy atom. The zero-order valence-electron chi connectivity index (χ0n) is 16.3. The molecular formula is C23H30O3. The summed E-state index contributed by atoms with van der Waals surface area (Å²) in [5, 5.41) is 0. The molecule has 3 fully saturated rings. The first-order valence-electron chi connectivity index (χ1n) is 9.98. The number of ether oxygens (including phenoxy) is 1. The van der Waals surface area contributed by atoms with Crippen molar-refractivity contribution in [1.29, 1.82) is 0 Å². The number of fused-ring (bicyclic) bond motifs is 5. The molecule has 0 amide bonds. The molecule has 0 spiro atoms. The van der Waals surface area contributed by atoms with Gasteiger partial charge in [0.2, 0.25) is 0 Å². The molecule has 0 aliphatic heterocycles. The van der Waals surface area contributed by atoms with Crippen LogP contribution in [-0.2, 0) is 14.3 Å². The lowest BCUT2D eigenvalue weighted by molar-refractivity contribution is -0.148. The van der Waals surface area contributed by atoms with Crippen LogP contribution in [0.4, 0.5) is 0 Å². The molecule has 1 unspecified atom stereocenters.